The van der Waals surface area contributed by atoms with E-state index in [4.69, 9.17) is 5.26 Å². The van der Waals surface area contributed by atoms with Crippen LogP contribution in [-0.4, -0.2) is 23.0 Å². The van der Waals surface area contributed by atoms with Gasteiger partial charge in [-0.2, -0.15) is 5.26 Å². The van der Waals surface area contributed by atoms with Gasteiger partial charge in [0.25, 0.3) is 0 Å². The van der Waals surface area contributed by atoms with Crippen molar-refractivity contribution in [2.75, 3.05) is 13.1 Å². The van der Waals surface area contributed by atoms with Crippen LogP contribution >= 0.6 is 0 Å². The van der Waals surface area contributed by atoms with E-state index in [1.807, 2.05) is 18.2 Å². The van der Waals surface area contributed by atoms with Gasteiger partial charge < -0.3 is 4.98 Å². The molecule has 1 N–H and O–H groups in total. The molecule has 1 fully saturated rings. The monoisotopic (exact) mass is 327 g/mol. The molecule has 2 atom stereocenters. The number of rotatable bonds is 3. The van der Waals surface area contributed by atoms with E-state index in [9.17, 15) is 0 Å². The zero-order valence-corrected chi connectivity index (χ0v) is 14.2. The first-order chi connectivity index (χ1) is 12.3. The normalized spacial score (nSPS) is 22.5. The summed E-state index contributed by atoms with van der Waals surface area (Å²) in [5.41, 5.74) is 6.31. The highest BCUT2D eigenvalue weighted by Gasteiger charge is 2.40. The third kappa shape index (κ3) is 2.63. The number of H-pyrrole nitrogens is 1. The van der Waals surface area contributed by atoms with Gasteiger partial charge in [-0.05, 0) is 59.6 Å². The number of benzene rings is 2. The predicted molar refractivity (Wildman–Crippen MR) is 99.3 cm³/mol. The maximum atomic E-state index is 9.16. The molecule has 1 saturated carbocycles. The summed E-state index contributed by atoms with van der Waals surface area (Å²) in [7, 11) is 0. The van der Waals surface area contributed by atoms with Crippen molar-refractivity contribution in [1.82, 2.24) is 9.88 Å². The molecule has 1 aliphatic carbocycles. The number of aromatic nitrogens is 1. The van der Waals surface area contributed by atoms with Crippen LogP contribution < -0.4 is 0 Å². The molecule has 3 heteroatoms. The molecule has 2 aliphatic rings. The first-order valence-electron chi connectivity index (χ1n) is 9.12. The van der Waals surface area contributed by atoms with Crippen LogP contribution in [0.25, 0.3) is 10.9 Å². The van der Waals surface area contributed by atoms with Crippen molar-refractivity contribution in [2.24, 2.45) is 5.92 Å². The summed E-state index contributed by atoms with van der Waals surface area (Å²) in [6, 6.07) is 17.1. The second-order valence-corrected chi connectivity index (χ2v) is 7.47. The van der Waals surface area contributed by atoms with E-state index in [0.717, 1.165) is 23.5 Å². The van der Waals surface area contributed by atoms with Gasteiger partial charge in [0.05, 0.1) is 11.6 Å². The molecule has 0 saturated heterocycles. The third-order valence-electron chi connectivity index (χ3n) is 5.87. The van der Waals surface area contributed by atoms with Crippen molar-refractivity contribution in [2.45, 2.75) is 25.3 Å². The van der Waals surface area contributed by atoms with Crippen molar-refractivity contribution >= 4 is 10.9 Å². The molecule has 2 aromatic carbocycles. The van der Waals surface area contributed by atoms with Crippen LogP contribution in [0.5, 0.6) is 0 Å². The van der Waals surface area contributed by atoms with Gasteiger partial charge in [0.15, 0.2) is 0 Å². The lowest BCUT2D eigenvalue weighted by Gasteiger charge is -2.28. The first kappa shape index (κ1) is 14.7. The summed E-state index contributed by atoms with van der Waals surface area (Å²) in [5, 5.41) is 10.4. The number of nitrogens with one attached hydrogen (secondary N) is 1. The first-order valence-corrected chi connectivity index (χ1v) is 9.12. The molecule has 25 heavy (non-hydrogen) atoms. The Hall–Kier alpha value is -2.57. The fraction of sp³-hybridized carbons (Fsp3) is 0.318. The maximum absolute atomic E-state index is 9.16. The molecule has 1 aromatic heterocycles. The quantitative estimate of drug-likeness (QED) is 0.783. The highest BCUT2D eigenvalue weighted by molar-refractivity contribution is 5.85. The van der Waals surface area contributed by atoms with Gasteiger partial charge in [-0.3, -0.25) is 4.90 Å². The van der Waals surface area contributed by atoms with Crippen LogP contribution in [0.3, 0.4) is 0 Å². The van der Waals surface area contributed by atoms with Crippen molar-refractivity contribution in [1.29, 1.82) is 5.26 Å². The second-order valence-electron chi connectivity index (χ2n) is 7.47. The van der Waals surface area contributed by atoms with E-state index in [1.54, 1.807) is 0 Å². The van der Waals surface area contributed by atoms with E-state index in [1.165, 1.54) is 48.0 Å². The standard InChI is InChI=1S/C22H21N3/c23-11-15-5-6-22-20(9-15)21(12-24-22)19-10-18(19)14-25-8-7-16-3-1-2-4-17(16)13-25/h1-6,9,12,18-19,24H,7-8,10,13-14H2. The van der Waals surface area contributed by atoms with Crippen molar-refractivity contribution in [3.05, 3.63) is 70.9 Å². The fourth-order valence-electron chi connectivity index (χ4n) is 4.39. The maximum Gasteiger partial charge on any atom is 0.0991 e. The molecule has 3 nitrogen and oxygen atoms in total. The Balaban J connectivity index is 1.31. The summed E-state index contributed by atoms with van der Waals surface area (Å²) >= 11 is 0. The molecule has 0 amide bonds. The molecule has 2 heterocycles. The van der Waals surface area contributed by atoms with Gasteiger partial charge in [-0.1, -0.05) is 24.3 Å². The van der Waals surface area contributed by atoms with Crippen LogP contribution in [0, 0.1) is 17.2 Å². The molecule has 0 spiro atoms. The minimum Gasteiger partial charge on any atom is -0.361 e. The van der Waals surface area contributed by atoms with Crippen molar-refractivity contribution < 1.29 is 0 Å². The average Bonchev–Trinajstić information content (AvgIpc) is 3.28. The Labute approximate surface area is 147 Å². The summed E-state index contributed by atoms with van der Waals surface area (Å²) in [5.74, 6) is 1.38. The Morgan fingerprint density at radius 1 is 1.16 bits per heavy atom. The topological polar surface area (TPSA) is 42.8 Å². The van der Waals surface area contributed by atoms with Crippen LogP contribution in [0.15, 0.2) is 48.7 Å². The molecular formula is C22H21N3. The average molecular weight is 327 g/mol. The lowest BCUT2D eigenvalue weighted by molar-refractivity contribution is 0.242. The smallest absolute Gasteiger partial charge is 0.0991 e. The fourth-order valence-corrected chi connectivity index (χ4v) is 4.39. The van der Waals surface area contributed by atoms with E-state index in [2.05, 4.69) is 46.4 Å². The number of hydrogen-bond donors (Lipinski definition) is 1. The van der Waals surface area contributed by atoms with Crippen LogP contribution in [0.4, 0.5) is 0 Å². The molecule has 3 aromatic rings. The van der Waals surface area contributed by atoms with Crippen LogP contribution in [-0.2, 0) is 13.0 Å². The van der Waals surface area contributed by atoms with E-state index in [-0.39, 0.29) is 0 Å². The number of nitrogens with zero attached hydrogens (tertiary/aromatic N) is 2. The van der Waals surface area contributed by atoms with Gasteiger partial charge >= 0.3 is 0 Å². The number of aromatic amines is 1. The van der Waals surface area contributed by atoms with Gasteiger partial charge in [0.2, 0.25) is 0 Å². The van der Waals surface area contributed by atoms with Gasteiger partial charge in [0, 0.05) is 36.7 Å². The van der Waals surface area contributed by atoms with Crippen LogP contribution in [0.2, 0.25) is 0 Å². The van der Waals surface area contributed by atoms with Crippen LogP contribution in [0.1, 0.15) is 34.6 Å². The molecule has 124 valence electrons. The zero-order chi connectivity index (χ0) is 16.8. The van der Waals surface area contributed by atoms with Gasteiger partial charge in [-0.25, -0.2) is 0 Å². The second kappa shape index (κ2) is 5.75. The highest BCUT2D eigenvalue weighted by atomic mass is 15.1. The Kier molecular flexibility index (Phi) is 3.39. The number of nitriles is 1. The lowest BCUT2D eigenvalue weighted by atomic mass is 9.99. The van der Waals surface area contributed by atoms with Gasteiger partial charge in [0.1, 0.15) is 0 Å². The lowest BCUT2D eigenvalue weighted by Crippen LogP contribution is -2.32. The largest absolute Gasteiger partial charge is 0.361 e. The molecule has 1 aliphatic heterocycles. The summed E-state index contributed by atoms with van der Waals surface area (Å²) < 4.78 is 0. The van der Waals surface area contributed by atoms with Crippen molar-refractivity contribution in [3.63, 3.8) is 0 Å². The third-order valence-corrected chi connectivity index (χ3v) is 5.87. The predicted octanol–water partition coefficient (Wildman–Crippen LogP) is 4.20. The number of hydrogen-bond acceptors (Lipinski definition) is 2. The highest BCUT2D eigenvalue weighted by Crippen LogP contribution is 2.50. The van der Waals surface area contributed by atoms with E-state index >= 15 is 0 Å². The van der Waals surface area contributed by atoms with Crippen molar-refractivity contribution in [3.8, 4) is 6.07 Å². The van der Waals surface area contributed by atoms with Gasteiger partial charge in [-0.15, -0.1) is 0 Å². The molecule has 5 rings (SSSR count). The SMILES string of the molecule is N#Cc1ccc2[nH]cc(C3CC3CN3CCc4ccccc4C3)c2c1. The number of fused-ring (bicyclic) bond motifs is 2. The van der Waals surface area contributed by atoms with E-state index in [0.29, 0.717) is 5.92 Å². The molecule has 2 unspecified atom stereocenters. The Bertz CT molecular complexity index is 978. The minimum atomic E-state index is 0.639. The molecular weight excluding hydrogens is 306 g/mol. The minimum absolute atomic E-state index is 0.639. The molecule has 0 radical (unpaired) electrons. The molecule has 0 bridgehead atoms. The summed E-state index contributed by atoms with van der Waals surface area (Å²) in [6.45, 7) is 3.45. The zero-order valence-electron chi connectivity index (χ0n) is 14.2. The summed E-state index contributed by atoms with van der Waals surface area (Å²) in [6.07, 6.45) is 4.59. The van der Waals surface area contributed by atoms with E-state index < -0.39 is 0 Å². The Morgan fingerprint density at radius 3 is 2.92 bits per heavy atom. The summed E-state index contributed by atoms with van der Waals surface area (Å²) in [4.78, 5) is 5.99. The Morgan fingerprint density at radius 2 is 2.04 bits per heavy atom.